The summed E-state index contributed by atoms with van der Waals surface area (Å²) in [6.07, 6.45) is 4.46. The molecule has 3 heterocycles. The van der Waals surface area contributed by atoms with Crippen molar-refractivity contribution in [3.63, 3.8) is 0 Å². The average Bonchev–Trinajstić information content (AvgIpc) is 3.13. The number of aromatic nitrogens is 2. The van der Waals surface area contributed by atoms with Crippen LogP contribution in [0.15, 0.2) is 36.0 Å². The van der Waals surface area contributed by atoms with E-state index < -0.39 is 0 Å². The van der Waals surface area contributed by atoms with E-state index in [1.54, 1.807) is 10.9 Å². The second-order valence-electron chi connectivity index (χ2n) is 5.89. The van der Waals surface area contributed by atoms with Crippen LogP contribution in [0, 0.1) is 0 Å². The second kappa shape index (κ2) is 7.87. The van der Waals surface area contributed by atoms with Crippen molar-refractivity contribution in [2.24, 2.45) is 0 Å². The van der Waals surface area contributed by atoms with Gasteiger partial charge in [0.05, 0.1) is 12.6 Å². The van der Waals surface area contributed by atoms with E-state index in [4.69, 9.17) is 0 Å². The van der Waals surface area contributed by atoms with Crippen molar-refractivity contribution in [3.05, 3.63) is 40.8 Å². The van der Waals surface area contributed by atoms with E-state index >= 15 is 0 Å². The summed E-state index contributed by atoms with van der Waals surface area (Å²) in [5.41, 5.74) is 0. The zero-order valence-electron chi connectivity index (χ0n) is 12.8. The molecule has 0 radical (unpaired) electrons. The molecule has 0 unspecified atom stereocenters. The molecule has 3 rings (SSSR count). The van der Waals surface area contributed by atoms with Crippen molar-refractivity contribution in [3.8, 4) is 0 Å². The summed E-state index contributed by atoms with van der Waals surface area (Å²) in [7, 11) is 0. The van der Waals surface area contributed by atoms with Crippen LogP contribution in [-0.4, -0.2) is 63.5 Å². The molecular formula is C16H24N4OS. The van der Waals surface area contributed by atoms with E-state index in [-0.39, 0.29) is 6.10 Å². The van der Waals surface area contributed by atoms with Gasteiger partial charge in [-0.2, -0.15) is 5.10 Å². The molecule has 0 amide bonds. The fourth-order valence-corrected chi connectivity index (χ4v) is 3.71. The first-order valence-corrected chi connectivity index (χ1v) is 8.80. The highest BCUT2D eigenvalue weighted by molar-refractivity contribution is 7.09. The number of β-amino-alcohol motifs (C(OH)–C–C–N with tert-alkyl or cyclic N) is 1. The van der Waals surface area contributed by atoms with Gasteiger partial charge in [-0.05, 0) is 37.0 Å². The molecule has 5 nitrogen and oxygen atoms in total. The van der Waals surface area contributed by atoms with Crippen LogP contribution in [0.4, 0.5) is 0 Å². The maximum absolute atomic E-state index is 10.2. The van der Waals surface area contributed by atoms with Crippen LogP contribution in [0.2, 0.25) is 0 Å². The molecule has 1 saturated heterocycles. The van der Waals surface area contributed by atoms with Gasteiger partial charge in [0.25, 0.3) is 0 Å². The maximum atomic E-state index is 10.2. The predicted molar refractivity (Wildman–Crippen MR) is 88.9 cm³/mol. The first kappa shape index (κ1) is 15.7. The van der Waals surface area contributed by atoms with Crippen molar-refractivity contribution in [2.45, 2.75) is 25.6 Å². The lowest BCUT2D eigenvalue weighted by atomic mass is 10.3. The summed E-state index contributed by atoms with van der Waals surface area (Å²) in [4.78, 5) is 6.33. The first-order chi connectivity index (χ1) is 10.8. The van der Waals surface area contributed by atoms with E-state index in [1.807, 2.05) is 23.6 Å². The van der Waals surface area contributed by atoms with Gasteiger partial charge in [0.2, 0.25) is 0 Å². The zero-order chi connectivity index (χ0) is 15.2. The van der Waals surface area contributed by atoms with Crippen molar-refractivity contribution in [2.75, 3.05) is 32.7 Å². The Morgan fingerprint density at radius 1 is 1.14 bits per heavy atom. The van der Waals surface area contributed by atoms with Crippen LogP contribution >= 0.6 is 11.3 Å². The molecule has 2 aromatic heterocycles. The molecule has 1 aliphatic heterocycles. The Morgan fingerprint density at radius 3 is 2.77 bits per heavy atom. The Bertz CT molecular complexity index is 528. The number of aliphatic hydroxyl groups is 1. The Labute approximate surface area is 135 Å². The standard InChI is InChI=1S/C16H24N4OS/c21-15(13-20-8-2-5-17-20)12-18-6-3-7-19(10-9-18)14-16-4-1-11-22-16/h1-2,4-5,8,11,15,21H,3,6-7,9-10,12-14H2/t15-/m0/s1. The molecule has 1 N–H and O–H groups in total. The first-order valence-electron chi connectivity index (χ1n) is 7.92. The van der Waals surface area contributed by atoms with Crippen molar-refractivity contribution >= 4 is 11.3 Å². The van der Waals surface area contributed by atoms with Gasteiger partial charge in [0.15, 0.2) is 0 Å². The van der Waals surface area contributed by atoms with Crippen LogP contribution in [0.1, 0.15) is 11.3 Å². The molecule has 120 valence electrons. The number of rotatable bonds is 6. The highest BCUT2D eigenvalue weighted by Crippen LogP contribution is 2.14. The summed E-state index contributed by atoms with van der Waals surface area (Å²) in [5.74, 6) is 0. The lowest BCUT2D eigenvalue weighted by molar-refractivity contribution is 0.0962. The van der Waals surface area contributed by atoms with Gasteiger partial charge in [-0.1, -0.05) is 6.07 Å². The highest BCUT2D eigenvalue weighted by Gasteiger charge is 2.18. The summed E-state index contributed by atoms with van der Waals surface area (Å²) < 4.78 is 1.80. The number of thiophene rings is 1. The quantitative estimate of drug-likeness (QED) is 0.876. The third-order valence-electron chi connectivity index (χ3n) is 4.07. The number of hydrogen-bond acceptors (Lipinski definition) is 5. The third-order valence-corrected chi connectivity index (χ3v) is 4.93. The van der Waals surface area contributed by atoms with Gasteiger partial charge in [-0.3, -0.25) is 14.5 Å². The average molecular weight is 320 g/mol. The van der Waals surface area contributed by atoms with Crippen LogP contribution in [0.5, 0.6) is 0 Å². The van der Waals surface area contributed by atoms with Crippen LogP contribution in [0.3, 0.4) is 0 Å². The Morgan fingerprint density at radius 2 is 2.00 bits per heavy atom. The zero-order valence-corrected chi connectivity index (χ0v) is 13.7. The number of aliphatic hydroxyl groups excluding tert-OH is 1. The second-order valence-corrected chi connectivity index (χ2v) is 6.92. The molecule has 1 fully saturated rings. The van der Waals surface area contributed by atoms with E-state index in [0.29, 0.717) is 6.54 Å². The molecule has 0 saturated carbocycles. The lowest BCUT2D eigenvalue weighted by Gasteiger charge is -2.23. The van der Waals surface area contributed by atoms with Crippen molar-refractivity contribution < 1.29 is 5.11 Å². The summed E-state index contributed by atoms with van der Waals surface area (Å²) in [6, 6.07) is 6.22. The van der Waals surface area contributed by atoms with Crippen molar-refractivity contribution in [1.29, 1.82) is 0 Å². The SMILES string of the molecule is O[C@@H](CN1CCCN(Cc2cccs2)CC1)Cn1cccn1. The summed E-state index contributed by atoms with van der Waals surface area (Å²) >= 11 is 1.83. The van der Waals surface area contributed by atoms with Crippen LogP contribution in [0.25, 0.3) is 0 Å². The fourth-order valence-electron chi connectivity index (χ4n) is 2.97. The molecule has 0 aromatic carbocycles. The van der Waals surface area contributed by atoms with Gasteiger partial charge >= 0.3 is 0 Å². The molecule has 0 spiro atoms. The minimum Gasteiger partial charge on any atom is -0.390 e. The fraction of sp³-hybridized carbons (Fsp3) is 0.562. The largest absolute Gasteiger partial charge is 0.390 e. The monoisotopic (exact) mass is 320 g/mol. The van der Waals surface area contributed by atoms with Gasteiger partial charge in [0.1, 0.15) is 0 Å². The van der Waals surface area contributed by atoms with Gasteiger partial charge in [0, 0.05) is 43.4 Å². The van der Waals surface area contributed by atoms with Gasteiger partial charge in [-0.25, -0.2) is 0 Å². The topological polar surface area (TPSA) is 44.5 Å². The Hall–Kier alpha value is -1.21. The molecule has 6 heteroatoms. The molecule has 1 aliphatic rings. The molecule has 0 bridgehead atoms. The maximum Gasteiger partial charge on any atom is 0.0862 e. The number of nitrogens with zero attached hydrogens (tertiary/aromatic N) is 4. The number of hydrogen-bond donors (Lipinski definition) is 1. The van der Waals surface area contributed by atoms with Crippen LogP contribution in [-0.2, 0) is 13.1 Å². The molecule has 22 heavy (non-hydrogen) atoms. The van der Waals surface area contributed by atoms with E-state index in [2.05, 4.69) is 32.4 Å². The van der Waals surface area contributed by atoms with Crippen LogP contribution < -0.4 is 0 Å². The van der Waals surface area contributed by atoms with Gasteiger partial charge in [-0.15, -0.1) is 11.3 Å². The Kier molecular flexibility index (Phi) is 5.61. The van der Waals surface area contributed by atoms with E-state index in [0.717, 1.165) is 39.3 Å². The highest BCUT2D eigenvalue weighted by atomic mass is 32.1. The molecule has 0 aliphatic carbocycles. The molecule has 2 aromatic rings. The lowest BCUT2D eigenvalue weighted by Crippen LogP contribution is -2.37. The van der Waals surface area contributed by atoms with E-state index in [1.165, 1.54) is 11.3 Å². The third kappa shape index (κ3) is 4.64. The minimum atomic E-state index is -0.358. The molecular weight excluding hydrogens is 296 g/mol. The Balaban J connectivity index is 1.43. The predicted octanol–water partition coefficient (Wildman–Crippen LogP) is 1.51. The smallest absolute Gasteiger partial charge is 0.0862 e. The molecule has 1 atom stereocenters. The van der Waals surface area contributed by atoms with E-state index in [9.17, 15) is 5.11 Å². The summed E-state index contributed by atoms with van der Waals surface area (Å²) in [6.45, 7) is 6.67. The normalized spacial score (nSPS) is 19.1. The van der Waals surface area contributed by atoms with Crippen molar-refractivity contribution in [1.82, 2.24) is 19.6 Å². The van der Waals surface area contributed by atoms with Gasteiger partial charge < -0.3 is 5.11 Å². The minimum absolute atomic E-state index is 0.358. The summed E-state index contributed by atoms with van der Waals surface area (Å²) in [5, 5.41) is 16.5.